The van der Waals surface area contributed by atoms with Crippen molar-refractivity contribution in [3.63, 3.8) is 0 Å². The zero-order valence-corrected chi connectivity index (χ0v) is 11.4. The lowest BCUT2D eigenvalue weighted by atomic mass is 10.0. The lowest BCUT2D eigenvalue weighted by Crippen LogP contribution is -2.03. The van der Waals surface area contributed by atoms with Gasteiger partial charge >= 0.3 is 5.97 Å². The van der Waals surface area contributed by atoms with Crippen LogP contribution in [0.4, 0.5) is 0 Å². The number of hydrogen-bond acceptors (Lipinski definition) is 3. The Kier molecular flexibility index (Phi) is 5.86. The molecule has 0 amide bonds. The molecule has 0 aromatic heterocycles. The molecule has 0 aliphatic carbocycles. The van der Waals surface area contributed by atoms with Gasteiger partial charge in [0.15, 0.2) is 5.78 Å². The van der Waals surface area contributed by atoms with Gasteiger partial charge in [0, 0.05) is 23.4 Å². The average molecular weight is 269 g/mol. The van der Waals surface area contributed by atoms with Gasteiger partial charge in [-0.15, -0.1) is 0 Å². The van der Waals surface area contributed by atoms with Gasteiger partial charge in [-0.2, -0.15) is 0 Å². The number of methoxy groups -OCH3 is 1. The zero-order chi connectivity index (χ0) is 13.5. The van der Waals surface area contributed by atoms with Gasteiger partial charge in [0.05, 0.1) is 7.11 Å². The largest absolute Gasteiger partial charge is 0.469 e. The number of esters is 1. The first-order valence-electron chi connectivity index (χ1n) is 5.90. The van der Waals surface area contributed by atoms with Crippen LogP contribution in [0, 0.1) is 6.92 Å². The zero-order valence-electron chi connectivity index (χ0n) is 10.7. The molecule has 1 aromatic rings. The predicted octanol–water partition coefficient (Wildman–Crippen LogP) is 3.56. The van der Waals surface area contributed by atoms with E-state index in [0.29, 0.717) is 36.3 Å². The third-order valence-corrected chi connectivity index (χ3v) is 3.00. The molecule has 1 rings (SSSR count). The fourth-order valence-corrected chi connectivity index (χ4v) is 1.86. The summed E-state index contributed by atoms with van der Waals surface area (Å²) < 4.78 is 4.54. The number of carbonyl (C=O) groups is 2. The maximum atomic E-state index is 12.0. The molecule has 0 radical (unpaired) electrons. The van der Waals surface area contributed by atoms with Crippen molar-refractivity contribution in [1.82, 2.24) is 0 Å². The van der Waals surface area contributed by atoms with E-state index in [1.807, 2.05) is 13.0 Å². The Bertz CT molecular complexity index is 441. The van der Waals surface area contributed by atoms with Gasteiger partial charge < -0.3 is 4.74 Å². The van der Waals surface area contributed by atoms with Crippen molar-refractivity contribution in [2.75, 3.05) is 7.11 Å². The standard InChI is InChI=1S/C14H17ClO3/c1-10-7-8-11(15)9-12(10)13(16)5-3-4-6-14(17)18-2/h7-9H,3-6H2,1-2H3. The predicted molar refractivity (Wildman–Crippen MR) is 71.0 cm³/mol. The number of carbonyl (C=O) groups excluding carboxylic acids is 2. The van der Waals surface area contributed by atoms with Crippen LogP contribution in [0.15, 0.2) is 18.2 Å². The van der Waals surface area contributed by atoms with Crippen molar-refractivity contribution >= 4 is 23.4 Å². The number of benzene rings is 1. The second-order valence-electron chi connectivity index (χ2n) is 4.17. The summed E-state index contributed by atoms with van der Waals surface area (Å²) in [4.78, 5) is 22.9. The van der Waals surface area contributed by atoms with Gasteiger partial charge in [0.1, 0.15) is 0 Å². The third-order valence-electron chi connectivity index (χ3n) is 2.76. The summed E-state index contributed by atoms with van der Waals surface area (Å²) in [6.07, 6.45) is 2.13. The highest BCUT2D eigenvalue weighted by atomic mass is 35.5. The van der Waals surface area contributed by atoms with Crippen LogP contribution < -0.4 is 0 Å². The number of aryl methyl sites for hydroxylation is 1. The second-order valence-corrected chi connectivity index (χ2v) is 4.60. The fraction of sp³-hybridized carbons (Fsp3) is 0.429. The van der Waals surface area contributed by atoms with Crippen LogP contribution in [0.3, 0.4) is 0 Å². The van der Waals surface area contributed by atoms with Crippen molar-refractivity contribution in [2.24, 2.45) is 0 Å². The minimum Gasteiger partial charge on any atom is -0.469 e. The van der Waals surface area contributed by atoms with E-state index in [4.69, 9.17) is 11.6 Å². The van der Waals surface area contributed by atoms with Crippen LogP contribution >= 0.6 is 11.6 Å². The van der Waals surface area contributed by atoms with E-state index >= 15 is 0 Å². The minimum absolute atomic E-state index is 0.0693. The number of ether oxygens (including phenoxy) is 1. The number of hydrogen-bond donors (Lipinski definition) is 0. The first-order valence-corrected chi connectivity index (χ1v) is 6.28. The average Bonchev–Trinajstić information content (AvgIpc) is 2.36. The molecular weight excluding hydrogens is 252 g/mol. The molecule has 18 heavy (non-hydrogen) atoms. The Hall–Kier alpha value is -1.35. The van der Waals surface area contributed by atoms with Crippen LogP contribution in [-0.2, 0) is 9.53 Å². The quantitative estimate of drug-likeness (QED) is 0.450. The molecule has 4 heteroatoms. The number of Topliss-reactive ketones (excluding diaryl/α,β-unsaturated/α-hetero) is 1. The molecule has 3 nitrogen and oxygen atoms in total. The highest BCUT2D eigenvalue weighted by Crippen LogP contribution is 2.18. The van der Waals surface area contributed by atoms with E-state index in [9.17, 15) is 9.59 Å². The van der Waals surface area contributed by atoms with E-state index in [1.165, 1.54) is 7.11 Å². The van der Waals surface area contributed by atoms with Crippen molar-refractivity contribution in [2.45, 2.75) is 32.6 Å². The summed E-state index contributed by atoms with van der Waals surface area (Å²) in [6, 6.07) is 5.30. The Balaban J connectivity index is 2.46. The van der Waals surface area contributed by atoms with E-state index in [1.54, 1.807) is 12.1 Å². The van der Waals surface area contributed by atoms with Crippen LogP contribution in [-0.4, -0.2) is 18.9 Å². The molecule has 0 saturated heterocycles. The maximum Gasteiger partial charge on any atom is 0.305 e. The molecular formula is C14H17ClO3. The summed E-state index contributed by atoms with van der Waals surface area (Å²) in [5, 5.41) is 0.568. The first kappa shape index (κ1) is 14.7. The van der Waals surface area contributed by atoms with Crippen LogP contribution in [0.25, 0.3) is 0 Å². The van der Waals surface area contributed by atoms with Gasteiger partial charge in [0.25, 0.3) is 0 Å². The second kappa shape index (κ2) is 7.17. The molecule has 0 N–H and O–H groups in total. The Morgan fingerprint density at radius 2 is 1.89 bits per heavy atom. The van der Waals surface area contributed by atoms with E-state index < -0.39 is 0 Å². The monoisotopic (exact) mass is 268 g/mol. The fourth-order valence-electron chi connectivity index (χ4n) is 1.69. The van der Waals surface area contributed by atoms with Crippen molar-refractivity contribution in [3.8, 4) is 0 Å². The summed E-state index contributed by atoms with van der Waals surface area (Å²) in [5.74, 6) is -0.166. The SMILES string of the molecule is COC(=O)CCCCC(=O)c1cc(Cl)ccc1C. The first-order chi connectivity index (χ1) is 8.54. The van der Waals surface area contributed by atoms with Crippen molar-refractivity contribution in [1.29, 1.82) is 0 Å². The van der Waals surface area contributed by atoms with Crippen LogP contribution in [0.5, 0.6) is 0 Å². The number of ketones is 1. The highest BCUT2D eigenvalue weighted by Gasteiger charge is 2.10. The number of rotatable bonds is 6. The topological polar surface area (TPSA) is 43.4 Å². The van der Waals surface area contributed by atoms with Crippen LogP contribution in [0.2, 0.25) is 5.02 Å². The van der Waals surface area contributed by atoms with E-state index in [-0.39, 0.29) is 11.8 Å². The van der Waals surface area contributed by atoms with Gasteiger partial charge in [-0.3, -0.25) is 9.59 Å². The molecule has 0 aliphatic rings. The molecule has 1 aromatic carbocycles. The number of unbranched alkanes of at least 4 members (excludes halogenated alkanes) is 1. The molecule has 0 aliphatic heterocycles. The lowest BCUT2D eigenvalue weighted by Gasteiger charge is -2.05. The Labute approximate surface area is 112 Å². The summed E-state index contributed by atoms with van der Waals surface area (Å²) in [7, 11) is 1.36. The molecule has 98 valence electrons. The molecule has 0 spiro atoms. The van der Waals surface area contributed by atoms with E-state index in [0.717, 1.165) is 5.56 Å². The third kappa shape index (κ3) is 4.49. The van der Waals surface area contributed by atoms with E-state index in [2.05, 4.69) is 4.74 Å². The summed E-state index contributed by atoms with van der Waals surface area (Å²) in [6.45, 7) is 1.89. The molecule has 0 bridgehead atoms. The van der Waals surface area contributed by atoms with Gasteiger partial charge in [-0.05, 0) is 37.5 Å². The molecule has 0 fully saturated rings. The van der Waals surface area contributed by atoms with Crippen molar-refractivity contribution in [3.05, 3.63) is 34.3 Å². The Morgan fingerprint density at radius 1 is 1.22 bits per heavy atom. The van der Waals surface area contributed by atoms with Gasteiger partial charge in [0.2, 0.25) is 0 Å². The Morgan fingerprint density at radius 3 is 2.56 bits per heavy atom. The molecule has 0 heterocycles. The van der Waals surface area contributed by atoms with Crippen molar-refractivity contribution < 1.29 is 14.3 Å². The smallest absolute Gasteiger partial charge is 0.305 e. The molecule has 0 unspecified atom stereocenters. The summed E-state index contributed by atoms with van der Waals surface area (Å²) >= 11 is 5.87. The normalized spacial score (nSPS) is 10.2. The number of halogens is 1. The summed E-state index contributed by atoms with van der Waals surface area (Å²) in [5.41, 5.74) is 1.60. The lowest BCUT2D eigenvalue weighted by molar-refractivity contribution is -0.140. The molecule has 0 atom stereocenters. The van der Waals surface area contributed by atoms with Gasteiger partial charge in [-0.25, -0.2) is 0 Å². The maximum absolute atomic E-state index is 12.0. The van der Waals surface area contributed by atoms with Gasteiger partial charge in [-0.1, -0.05) is 17.7 Å². The molecule has 0 saturated carbocycles. The van der Waals surface area contributed by atoms with Crippen LogP contribution in [0.1, 0.15) is 41.6 Å². The highest BCUT2D eigenvalue weighted by molar-refractivity contribution is 6.31. The minimum atomic E-state index is -0.235.